The van der Waals surface area contributed by atoms with Gasteiger partial charge in [-0.15, -0.1) is 0 Å². The predicted octanol–water partition coefficient (Wildman–Crippen LogP) is 4.10. The van der Waals surface area contributed by atoms with Crippen molar-refractivity contribution in [1.29, 1.82) is 0 Å². The molecule has 0 unspecified atom stereocenters. The van der Waals surface area contributed by atoms with Crippen molar-refractivity contribution in [2.24, 2.45) is 7.05 Å². The number of nitrogens with zero attached hydrogens (tertiary/aromatic N) is 1. The van der Waals surface area contributed by atoms with Crippen LogP contribution in [0.4, 0.5) is 17.6 Å². The van der Waals surface area contributed by atoms with Crippen molar-refractivity contribution in [2.75, 3.05) is 0 Å². The van der Waals surface area contributed by atoms with Crippen molar-refractivity contribution in [3.63, 3.8) is 0 Å². The van der Waals surface area contributed by atoms with E-state index in [1.807, 2.05) is 0 Å². The van der Waals surface area contributed by atoms with E-state index in [2.05, 4.69) is 15.9 Å². The summed E-state index contributed by atoms with van der Waals surface area (Å²) in [6, 6.07) is 3.54. The van der Waals surface area contributed by atoms with Crippen LogP contribution in [0.15, 0.2) is 22.7 Å². The number of benzene rings is 1. The Balaban J connectivity index is 2.87. The van der Waals surface area contributed by atoms with E-state index in [0.29, 0.717) is 5.52 Å². The summed E-state index contributed by atoms with van der Waals surface area (Å²) >= 11 is 2.87. The first-order valence-corrected chi connectivity index (χ1v) is 5.12. The molecule has 1 aromatic heterocycles. The minimum Gasteiger partial charge on any atom is -0.339 e. The molecule has 0 fully saturated rings. The first kappa shape index (κ1) is 11.4. The van der Waals surface area contributed by atoms with Crippen molar-refractivity contribution >= 4 is 26.8 Å². The van der Waals surface area contributed by atoms with Gasteiger partial charge in [0.15, 0.2) is 0 Å². The maximum atomic E-state index is 12.9. The molecule has 6 heteroatoms. The smallest absolute Gasteiger partial charge is 0.339 e. The molecule has 2 aromatic rings. The van der Waals surface area contributed by atoms with E-state index in [0.717, 1.165) is 16.7 Å². The Bertz CT molecular complexity index is 556. The summed E-state index contributed by atoms with van der Waals surface area (Å²) in [4.78, 5) is 0. The number of fused-ring (bicyclic) bond motifs is 1. The molecule has 0 saturated heterocycles. The number of hydrogen-bond donors (Lipinski definition) is 0. The molecule has 0 spiro atoms. The molecule has 0 radical (unpaired) electrons. The van der Waals surface area contributed by atoms with E-state index in [9.17, 15) is 17.6 Å². The van der Waals surface area contributed by atoms with Crippen LogP contribution < -0.4 is 0 Å². The highest BCUT2D eigenvalue weighted by atomic mass is 79.9. The molecule has 1 aromatic carbocycles. The first-order chi connectivity index (χ1) is 7.32. The van der Waals surface area contributed by atoms with Crippen molar-refractivity contribution in [1.82, 2.24) is 4.57 Å². The number of aromatic nitrogens is 1. The van der Waals surface area contributed by atoms with Crippen LogP contribution in [0.2, 0.25) is 0 Å². The second-order valence-corrected chi connectivity index (χ2v) is 4.17. The van der Waals surface area contributed by atoms with E-state index >= 15 is 0 Å². The lowest BCUT2D eigenvalue weighted by atomic mass is 10.2. The van der Waals surface area contributed by atoms with Crippen molar-refractivity contribution in [3.8, 4) is 0 Å². The minimum atomic E-state index is -4.47. The zero-order valence-electron chi connectivity index (χ0n) is 8.07. The van der Waals surface area contributed by atoms with E-state index < -0.39 is 17.7 Å². The second-order valence-electron chi connectivity index (χ2n) is 3.38. The monoisotopic (exact) mass is 295 g/mol. The normalized spacial score (nSPS) is 12.4. The third kappa shape index (κ3) is 1.61. The van der Waals surface area contributed by atoms with Gasteiger partial charge in [0.1, 0.15) is 11.5 Å². The fraction of sp³-hybridized carbons (Fsp3) is 0.200. The number of rotatable bonds is 0. The highest BCUT2D eigenvalue weighted by molar-refractivity contribution is 9.10. The average molecular weight is 296 g/mol. The van der Waals surface area contributed by atoms with Gasteiger partial charge in [0, 0.05) is 18.0 Å². The lowest BCUT2D eigenvalue weighted by molar-refractivity contribution is -0.143. The van der Waals surface area contributed by atoms with Crippen molar-refractivity contribution in [2.45, 2.75) is 6.18 Å². The Morgan fingerprint density at radius 1 is 1.25 bits per heavy atom. The molecule has 1 nitrogen and oxygen atoms in total. The SMILES string of the molecule is Cn1c(C(F)(F)F)c(Br)c2cc(F)ccc21. The molecule has 0 N–H and O–H groups in total. The Hall–Kier alpha value is -1.04. The van der Waals surface area contributed by atoms with Crippen LogP contribution in [0.1, 0.15) is 5.69 Å². The summed E-state index contributed by atoms with van der Waals surface area (Å²) in [6.45, 7) is 0. The third-order valence-electron chi connectivity index (χ3n) is 2.37. The van der Waals surface area contributed by atoms with E-state index in [1.54, 1.807) is 0 Å². The maximum Gasteiger partial charge on any atom is 0.432 e. The Morgan fingerprint density at radius 2 is 1.88 bits per heavy atom. The highest BCUT2D eigenvalue weighted by Crippen LogP contribution is 2.40. The molecule has 1 heterocycles. The molecule has 0 aliphatic carbocycles. The van der Waals surface area contributed by atoms with Crippen LogP contribution in [-0.2, 0) is 13.2 Å². The zero-order chi connectivity index (χ0) is 12.1. The van der Waals surface area contributed by atoms with Gasteiger partial charge >= 0.3 is 6.18 Å². The van der Waals surface area contributed by atoms with Gasteiger partial charge in [-0.3, -0.25) is 0 Å². The summed E-state index contributed by atoms with van der Waals surface area (Å²) in [5.74, 6) is -0.562. The molecule has 86 valence electrons. The van der Waals surface area contributed by atoms with Gasteiger partial charge in [0.05, 0.1) is 4.47 Å². The fourth-order valence-corrected chi connectivity index (χ4v) is 2.49. The largest absolute Gasteiger partial charge is 0.432 e. The lowest BCUT2D eigenvalue weighted by Crippen LogP contribution is -2.11. The number of aryl methyl sites for hydroxylation is 1. The van der Waals surface area contributed by atoms with Gasteiger partial charge in [0.25, 0.3) is 0 Å². The third-order valence-corrected chi connectivity index (χ3v) is 3.17. The molecule has 16 heavy (non-hydrogen) atoms. The number of halogens is 5. The molecule has 0 aliphatic rings. The minimum absolute atomic E-state index is 0.128. The van der Waals surface area contributed by atoms with Crippen LogP contribution in [0.25, 0.3) is 10.9 Å². The second kappa shape index (κ2) is 3.48. The van der Waals surface area contributed by atoms with Gasteiger partial charge in [-0.2, -0.15) is 13.2 Å². The van der Waals surface area contributed by atoms with Crippen LogP contribution in [0, 0.1) is 5.82 Å². The Labute approximate surface area is 96.8 Å². The molecule has 0 atom stereocenters. The van der Waals surface area contributed by atoms with Crippen LogP contribution in [0.3, 0.4) is 0 Å². The Morgan fingerprint density at radius 3 is 2.44 bits per heavy atom. The molecule has 0 saturated carbocycles. The number of alkyl halides is 3. The van der Waals surface area contributed by atoms with Crippen LogP contribution in [-0.4, -0.2) is 4.57 Å². The average Bonchev–Trinajstić information content (AvgIpc) is 2.38. The van der Waals surface area contributed by atoms with Crippen LogP contribution >= 0.6 is 15.9 Å². The molecule has 0 amide bonds. The topological polar surface area (TPSA) is 4.93 Å². The van der Waals surface area contributed by atoms with E-state index in [-0.39, 0.29) is 9.86 Å². The van der Waals surface area contributed by atoms with Gasteiger partial charge in [0.2, 0.25) is 0 Å². The summed E-state index contributed by atoms with van der Waals surface area (Å²) in [7, 11) is 1.30. The van der Waals surface area contributed by atoms with Crippen molar-refractivity contribution < 1.29 is 17.6 Å². The predicted molar refractivity (Wildman–Crippen MR) is 55.6 cm³/mol. The number of hydrogen-bond acceptors (Lipinski definition) is 0. The molecule has 0 aliphatic heterocycles. The standard InChI is InChI=1S/C10H6BrF4N/c1-16-7-3-2-5(12)4-6(7)8(11)9(16)10(13,14)15/h2-4H,1H3. The summed E-state index contributed by atoms with van der Waals surface area (Å²) < 4.78 is 51.9. The quantitative estimate of drug-likeness (QED) is 0.645. The van der Waals surface area contributed by atoms with Crippen molar-refractivity contribution in [3.05, 3.63) is 34.2 Å². The van der Waals surface area contributed by atoms with Crippen LogP contribution in [0.5, 0.6) is 0 Å². The van der Waals surface area contributed by atoms with E-state index in [4.69, 9.17) is 0 Å². The molecular weight excluding hydrogens is 290 g/mol. The fourth-order valence-electron chi connectivity index (χ4n) is 1.69. The Kier molecular flexibility index (Phi) is 2.49. The molecule has 2 rings (SSSR count). The van der Waals surface area contributed by atoms with Gasteiger partial charge < -0.3 is 4.57 Å². The maximum absolute atomic E-state index is 12.9. The zero-order valence-corrected chi connectivity index (χ0v) is 9.66. The highest BCUT2D eigenvalue weighted by Gasteiger charge is 2.37. The summed E-state index contributed by atoms with van der Waals surface area (Å²) in [5, 5.41) is 0.217. The van der Waals surface area contributed by atoms with Gasteiger partial charge in [-0.1, -0.05) is 0 Å². The van der Waals surface area contributed by atoms with E-state index in [1.165, 1.54) is 13.1 Å². The van der Waals surface area contributed by atoms with Gasteiger partial charge in [-0.25, -0.2) is 4.39 Å². The first-order valence-electron chi connectivity index (χ1n) is 4.33. The summed E-state index contributed by atoms with van der Waals surface area (Å²) in [6.07, 6.45) is -4.47. The molecule has 0 bridgehead atoms. The summed E-state index contributed by atoms with van der Waals surface area (Å²) in [5.41, 5.74) is -0.478. The lowest BCUT2D eigenvalue weighted by Gasteiger charge is -2.08. The van der Waals surface area contributed by atoms with Gasteiger partial charge in [-0.05, 0) is 34.1 Å². The molecular formula is C10H6BrF4N.